The molecule has 1 heterocycles. The number of nitrogens with zero attached hydrogens (tertiary/aromatic N) is 1. The van der Waals surface area contributed by atoms with Crippen LogP contribution in [-0.4, -0.2) is 17.6 Å². The minimum atomic E-state index is -0.226. The monoisotopic (exact) mass is 273 g/mol. The lowest BCUT2D eigenvalue weighted by atomic mass is 9.85. The molecule has 3 nitrogen and oxygen atoms in total. The molecule has 2 unspecified atom stereocenters. The van der Waals surface area contributed by atoms with Crippen molar-refractivity contribution in [1.29, 1.82) is 0 Å². The second kappa shape index (κ2) is 4.57. The standard InChI is InChI=1S/C17H23NO2/c1-5-20-16(19)13-9-12-10-6-7-11(8-10)14(12)18-15(13)17(2,3)4/h9-11H,5-8H2,1-4H3. The molecule has 2 bridgehead atoms. The van der Waals surface area contributed by atoms with Gasteiger partial charge in [0.25, 0.3) is 0 Å². The summed E-state index contributed by atoms with van der Waals surface area (Å²) in [5.41, 5.74) is 3.98. The Morgan fingerprint density at radius 2 is 2.05 bits per heavy atom. The topological polar surface area (TPSA) is 39.2 Å². The van der Waals surface area contributed by atoms with Gasteiger partial charge in [-0.05, 0) is 43.7 Å². The summed E-state index contributed by atoms with van der Waals surface area (Å²) in [6.07, 6.45) is 3.72. The molecule has 0 saturated heterocycles. The van der Waals surface area contributed by atoms with Crippen molar-refractivity contribution in [2.45, 2.75) is 64.2 Å². The summed E-state index contributed by atoms with van der Waals surface area (Å²) in [5, 5.41) is 0. The van der Waals surface area contributed by atoms with Gasteiger partial charge in [-0.3, -0.25) is 4.98 Å². The van der Waals surface area contributed by atoms with Gasteiger partial charge >= 0.3 is 5.97 Å². The van der Waals surface area contributed by atoms with Gasteiger partial charge in [-0.25, -0.2) is 4.79 Å². The Kier molecular flexibility index (Phi) is 3.11. The summed E-state index contributed by atoms with van der Waals surface area (Å²) in [7, 11) is 0. The summed E-state index contributed by atoms with van der Waals surface area (Å²) in [6.45, 7) is 8.58. The number of fused-ring (bicyclic) bond motifs is 5. The molecule has 20 heavy (non-hydrogen) atoms. The van der Waals surface area contributed by atoms with Crippen molar-refractivity contribution in [3.05, 3.63) is 28.6 Å². The molecular formula is C17H23NO2. The maximum Gasteiger partial charge on any atom is 0.340 e. The summed E-state index contributed by atoms with van der Waals surface area (Å²) < 4.78 is 5.22. The minimum Gasteiger partial charge on any atom is -0.462 e. The molecule has 108 valence electrons. The predicted molar refractivity (Wildman–Crippen MR) is 78.2 cm³/mol. The summed E-state index contributed by atoms with van der Waals surface area (Å²) >= 11 is 0. The van der Waals surface area contributed by atoms with Gasteiger partial charge in [-0.15, -0.1) is 0 Å². The Balaban J connectivity index is 2.13. The van der Waals surface area contributed by atoms with Gasteiger partial charge in [-0.2, -0.15) is 0 Å². The number of hydrogen-bond acceptors (Lipinski definition) is 3. The molecule has 3 rings (SSSR count). The van der Waals surface area contributed by atoms with Crippen molar-refractivity contribution in [1.82, 2.24) is 4.98 Å². The number of esters is 1. The van der Waals surface area contributed by atoms with E-state index >= 15 is 0 Å². The van der Waals surface area contributed by atoms with Crippen LogP contribution < -0.4 is 0 Å². The van der Waals surface area contributed by atoms with Gasteiger partial charge in [0.1, 0.15) is 0 Å². The van der Waals surface area contributed by atoms with Crippen molar-refractivity contribution < 1.29 is 9.53 Å². The maximum absolute atomic E-state index is 12.3. The molecule has 0 spiro atoms. The highest BCUT2D eigenvalue weighted by Crippen LogP contribution is 2.53. The first-order valence-corrected chi connectivity index (χ1v) is 7.64. The van der Waals surface area contributed by atoms with E-state index in [4.69, 9.17) is 9.72 Å². The molecule has 0 aromatic carbocycles. The highest BCUT2D eigenvalue weighted by Gasteiger charge is 2.40. The molecule has 1 aromatic heterocycles. The van der Waals surface area contributed by atoms with Crippen LogP contribution in [-0.2, 0) is 10.2 Å². The first-order chi connectivity index (χ1) is 9.41. The Hall–Kier alpha value is -1.38. The van der Waals surface area contributed by atoms with Crippen molar-refractivity contribution >= 4 is 5.97 Å². The summed E-state index contributed by atoms with van der Waals surface area (Å²) in [4.78, 5) is 17.2. The number of ether oxygens (including phenoxy) is 1. The molecule has 0 amide bonds. The van der Waals surface area contributed by atoms with Crippen molar-refractivity contribution in [2.24, 2.45) is 0 Å². The lowest BCUT2D eigenvalue weighted by Gasteiger charge is -2.24. The summed E-state index contributed by atoms with van der Waals surface area (Å²) in [6, 6.07) is 2.07. The van der Waals surface area contributed by atoms with Crippen LogP contribution in [0.15, 0.2) is 6.07 Å². The Labute approximate surface area is 120 Å². The van der Waals surface area contributed by atoms with Crippen LogP contribution in [0.3, 0.4) is 0 Å². The van der Waals surface area contributed by atoms with E-state index in [1.54, 1.807) is 0 Å². The number of carbonyl (C=O) groups excluding carboxylic acids is 1. The fourth-order valence-electron chi connectivity index (χ4n) is 3.65. The average Bonchev–Trinajstić information content (AvgIpc) is 2.98. The predicted octanol–water partition coefficient (Wildman–Crippen LogP) is 3.92. The third-order valence-electron chi connectivity index (χ3n) is 4.55. The fraction of sp³-hybridized carbons (Fsp3) is 0.647. The quantitative estimate of drug-likeness (QED) is 0.767. The zero-order valence-electron chi connectivity index (χ0n) is 12.8. The zero-order chi connectivity index (χ0) is 14.5. The van der Waals surface area contributed by atoms with Crippen molar-refractivity contribution in [3.63, 3.8) is 0 Å². The molecule has 0 N–H and O–H groups in total. The van der Waals surface area contributed by atoms with E-state index in [9.17, 15) is 4.79 Å². The van der Waals surface area contributed by atoms with Crippen LogP contribution in [0.4, 0.5) is 0 Å². The lowest BCUT2D eigenvalue weighted by Crippen LogP contribution is -2.22. The normalized spacial score (nSPS) is 23.8. The van der Waals surface area contributed by atoms with Crippen LogP contribution in [0, 0.1) is 0 Å². The van der Waals surface area contributed by atoms with Gasteiger partial charge in [0.2, 0.25) is 0 Å². The van der Waals surface area contributed by atoms with Crippen LogP contribution in [0.25, 0.3) is 0 Å². The SMILES string of the molecule is CCOC(=O)c1cc2c(nc1C(C)(C)C)C1CCC2C1. The Bertz CT molecular complexity index is 557. The number of pyridine rings is 1. The van der Waals surface area contributed by atoms with Gasteiger partial charge in [0, 0.05) is 17.0 Å². The zero-order valence-corrected chi connectivity index (χ0v) is 12.8. The van der Waals surface area contributed by atoms with Crippen molar-refractivity contribution in [3.8, 4) is 0 Å². The van der Waals surface area contributed by atoms with E-state index in [0.29, 0.717) is 24.0 Å². The molecule has 1 aromatic rings. The van der Waals surface area contributed by atoms with Crippen LogP contribution in [0.1, 0.15) is 86.1 Å². The third kappa shape index (κ3) is 2.04. The van der Waals surface area contributed by atoms with Crippen molar-refractivity contribution in [2.75, 3.05) is 6.61 Å². The van der Waals surface area contributed by atoms with E-state index in [2.05, 4.69) is 26.8 Å². The van der Waals surface area contributed by atoms with E-state index in [1.807, 2.05) is 6.92 Å². The van der Waals surface area contributed by atoms with E-state index < -0.39 is 0 Å². The lowest BCUT2D eigenvalue weighted by molar-refractivity contribution is 0.0522. The van der Waals surface area contributed by atoms with Crippen LogP contribution >= 0.6 is 0 Å². The summed E-state index contributed by atoms with van der Waals surface area (Å²) in [5.74, 6) is 1.01. The second-order valence-corrected chi connectivity index (χ2v) is 7.04. The van der Waals surface area contributed by atoms with Gasteiger partial charge in [-0.1, -0.05) is 20.8 Å². The average molecular weight is 273 g/mol. The van der Waals surface area contributed by atoms with E-state index in [0.717, 1.165) is 5.69 Å². The molecule has 3 heteroatoms. The molecule has 2 aliphatic carbocycles. The highest BCUT2D eigenvalue weighted by atomic mass is 16.5. The third-order valence-corrected chi connectivity index (χ3v) is 4.55. The smallest absolute Gasteiger partial charge is 0.340 e. The largest absolute Gasteiger partial charge is 0.462 e. The van der Waals surface area contributed by atoms with E-state index in [-0.39, 0.29) is 11.4 Å². The number of rotatable bonds is 2. The Morgan fingerprint density at radius 3 is 2.70 bits per heavy atom. The number of carbonyl (C=O) groups is 1. The fourth-order valence-corrected chi connectivity index (χ4v) is 3.65. The molecule has 2 atom stereocenters. The van der Waals surface area contributed by atoms with Crippen LogP contribution in [0.2, 0.25) is 0 Å². The highest BCUT2D eigenvalue weighted by molar-refractivity contribution is 5.91. The molecule has 0 aliphatic heterocycles. The first kappa shape index (κ1) is 13.6. The second-order valence-electron chi connectivity index (χ2n) is 7.04. The number of hydrogen-bond donors (Lipinski definition) is 0. The molecule has 1 saturated carbocycles. The van der Waals surface area contributed by atoms with Gasteiger partial charge in [0.15, 0.2) is 0 Å². The van der Waals surface area contributed by atoms with Gasteiger partial charge < -0.3 is 4.74 Å². The molecule has 2 aliphatic rings. The maximum atomic E-state index is 12.3. The molecule has 1 fully saturated rings. The molecular weight excluding hydrogens is 250 g/mol. The van der Waals surface area contributed by atoms with E-state index in [1.165, 1.54) is 30.5 Å². The number of aromatic nitrogens is 1. The molecule has 0 radical (unpaired) electrons. The van der Waals surface area contributed by atoms with Crippen LogP contribution in [0.5, 0.6) is 0 Å². The first-order valence-electron chi connectivity index (χ1n) is 7.64. The van der Waals surface area contributed by atoms with Gasteiger partial charge in [0.05, 0.1) is 17.9 Å². The minimum absolute atomic E-state index is 0.140. The Morgan fingerprint density at radius 1 is 1.35 bits per heavy atom.